The van der Waals surface area contributed by atoms with E-state index in [2.05, 4.69) is 0 Å². The van der Waals surface area contributed by atoms with E-state index in [1.807, 2.05) is 42.1 Å². The fourth-order valence-electron chi connectivity index (χ4n) is 3.85. The van der Waals surface area contributed by atoms with Crippen LogP contribution in [-0.2, 0) is 28.1 Å². The molecule has 0 radical (unpaired) electrons. The molecule has 140 valence electrons. The minimum absolute atomic E-state index is 0.0166. The summed E-state index contributed by atoms with van der Waals surface area (Å²) in [6.45, 7) is 0.751. The summed E-state index contributed by atoms with van der Waals surface area (Å²) in [5, 5.41) is 0.539. The molecule has 1 aliphatic heterocycles. The van der Waals surface area contributed by atoms with Crippen LogP contribution in [0, 0.1) is 0 Å². The molecule has 2 aromatic carbocycles. The van der Waals surface area contributed by atoms with E-state index in [9.17, 15) is 13.2 Å². The van der Waals surface area contributed by atoms with E-state index in [4.69, 9.17) is 0 Å². The number of carbonyl (C=O) groups excluding carboxylic acids is 1. The number of nitrogens with zero attached hydrogens (tertiary/aromatic N) is 2. The highest BCUT2D eigenvalue weighted by atomic mass is 32.2. The summed E-state index contributed by atoms with van der Waals surface area (Å²) in [4.78, 5) is 14.8. The van der Waals surface area contributed by atoms with Crippen LogP contribution in [0.5, 0.6) is 0 Å². The third-order valence-corrected chi connectivity index (χ3v) is 7.52. The molecule has 0 spiro atoms. The van der Waals surface area contributed by atoms with Gasteiger partial charge in [0, 0.05) is 37.2 Å². The average molecular weight is 382 g/mol. The molecule has 1 atom stereocenters. The third-order valence-electron chi connectivity index (χ3n) is 5.33. The lowest BCUT2D eigenvalue weighted by Gasteiger charge is -2.16. The number of fused-ring (bicyclic) bond motifs is 1. The molecule has 2 heterocycles. The lowest BCUT2D eigenvalue weighted by atomic mass is 10.1. The molecule has 0 aliphatic carbocycles. The first-order valence-corrected chi connectivity index (χ1v) is 10.6. The fraction of sp³-hybridized carbons (Fsp3) is 0.286. The largest absolute Gasteiger partial charge is 0.350 e. The van der Waals surface area contributed by atoms with Crippen LogP contribution in [-0.4, -0.2) is 42.1 Å². The molecule has 1 aromatic heterocycles. The molecule has 1 fully saturated rings. The number of aromatic nitrogens is 1. The first-order chi connectivity index (χ1) is 13.0. The van der Waals surface area contributed by atoms with Crippen molar-refractivity contribution in [1.82, 2.24) is 9.47 Å². The van der Waals surface area contributed by atoms with Crippen molar-refractivity contribution in [2.75, 3.05) is 13.1 Å². The summed E-state index contributed by atoms with van der Waals surface area (Å²) in [6.07, 6.45) is 2.76. The van der Waals surface area contributed by atoms with Gasteiger partial charge in [0.15, 0.2) is 9.84 Å². The van der Waals surface area contributed by atoms with Gasteiger partial charge in [-0.05, 0) is 30.2 Å². The zero-order valence-corrected chi connectivity index (χ0v) is 16.0. The summed E-state index contributed by atoms with van der Waals surface area (Å²) < 4.78 is 27.6. The Morgan fingerprint density at radius 1 is 1.07 bits per heavy atom. The summed E-state index contributed by atoms with van der Waals surface area (Å²) in [5.41, 5.74) is 2.07. The Morgan fingerprint density at radius 2 is 1.78 bits per heavy atom. The monoisotopic (exact) mass is 382 g/mol. The van der Waals surface area contributed by atoms with Crippen LogP contribution in [0.25, 0.3) is 10.9 Å². The zero-order chi connectivity index (χ0) is 19.0. The van der Waals surface area contributed by atoms with Gasteiger partial charge in [-0.15, -0.1) is 0 Å². The van der Waals surface area contributed by atoms with Crippen molar-refractivity contribution >= 4 is 26.6 Å². The van der Waals surface area contributed by atoms with Crippen molar-refractivity contribution in [2.24, 2.45) is 7.05 Å². The van der Waals surface area contributed by atoms with E-state index in [-0.39, 0.29) is 12.5 Å². The van der Waals surface area contributed by atoms with Gasteiger partial charge in [-0.2, -0.15) is 0 Å². The number of hydrogen-bond donors (Lipinski definition) is 0. The van der Waals surface area contributed by atoms with Crippen LogP contribution >= 0.6 is 0 Å². The standard InChI is InChI=1S/C21H22N2O3S/c1-22-14-16(19-9-5-6-10-20(19)22)13-21(24)23-12-11-18(15-23)27(25,26)17-7-3-2-4-8-17/h2-10,14,18H,11-13,15H2,1H3. The molecule has 1 amide bonds. The Kier molecular flexibility index (Phi) is 4.52. The maximum Gasteiger partial charge on any atom is 0.227 e. The molecule has 0 N–H and O–H groups in total. The number of aryl methyl sites for hydroxylation is 1. The number of carbonyl (C=O) groups is 1. The number of benzene rings is 2. The first-order valence-electron chi connectivity index (χ1n) is 9.06. The number of hydrogen-bond acceptors (Lipinski definition) is 3. The van der Waals surface area contributed by atoms with Gasteiger partial charge in [0.1, 0.15) is 0 Å². The number of sulfone groups is 1. The molecule has 1 aliphatic rings. The predicted octanol–water partition coefficient (Wildman–Crippen LogP) is 2.80. The van der Waals surface area contributed by atoms with E-state index in [1.165, 1.54) is 0 Å². The van der Waals surface area contributed by atoms with Crippen LogP contribution in [0.15, 0.2) is 65.7 Å². The minimum Gasteiger partial charge on any atom is -0.350 e. The maximum absolute atomic E-state index is 12.8. The number of para-hydroxylation sites is 1. The van der Waals surface area contributed by atoms with Crippen LogP contribution in [0.2, 0.25) is 0 Å². The SMILES string of the molecule is Cn1cc(CC(=O)N2CCC(S(=O)(=O)c3ccccc3)C2)c2ccccc21. The highest BCUT2D eigenvalue weighted by molar-refractivity contribution is 7.92. The Balaban J connectivity index is 1.50. The molecular formula is C21H22N2O3S. The second kappa shape index (κ2) is 6.85. The van der Waals surface area contributed by atoms with E-state index in [0.29, 0.717) is 24.3 Å². The van der Waals surface area contributed by atoms with E-state index >= 15 is 0 Å². The molecule has 0 saturated carbocycles. The fourth-order valence-corrected chi connectivity index (χ4v) is 5.57. The molecule has 3 aromatic rings. The number of likely N-dealkylation sites (tertiary alicyclic amines) is 1. The van der Waals surface area contributed by atoms with Gasteiger partial charge in [-0.1, -0.05) is 36.4 Å². The Labute approximate surface area is 159 Å². The smallest absolute Gasteiger partial charge is 0.227 e. The average Bonchev–Trinajstić information content (AvgIpc) is 3.29. The number of rotatable bonds is 4. The van der Waals surface area contributed by atoms with E-state index in [0.717, 1.165) is 16.5 Å². The zero-order valence-electron chi connectivity index (χ0n) is 15.2. The van der Waals surface area contributed by atoms with Crippen molar-refractivity contribution in [3.8, 4) is 0 Å². The van der Waals surface area contributed by atoms with E-state index in [1.54, 1.807) is 35.2 Å². The lowest BCUT2D eigenvalue weighted by Crippen LogP contribution is -2.32. The molecule has 1 saturated heterocycles. The molecular weight excluding hydrogens is 360 g/mol. The quantitative estimate of drug-likeness (QED) is 0.697. The molecule has 4 rings (SSSR count). The molecule has 1 unspecified atom stereocenters. The Bertz CT molecular complexity index is 1090. The van der Waals surface area contributed by atoms with Crippen molar-refractivity contribution in [2.45, 2.75) is 23.0 Å². The molecule has 6 heteroatoms. The van der Waals surface area contributed by atoms with Crippen molar-refractivity contribution in [1.29, 1.82) is 0 Å². The van der Waals surface area contributed by atoms with Crippen LogP contribution in [0.1, 0.15) is 12.0 Å². The Hall–Kier alpha value is -2.60. The highest BCUT2D eigenvalue weighted by Gasteiger charge is 2.36. The van der Waals surface area contributed by atoms with Crippen molar-refractivity contribution < 1.29 is 13.2 Å². The van der Waals surface area contributed by atoms with Gasteiger partial charge >= 0.3 is 0 Å². The second-order valence-electron chi connectivity index (χ2n) is 7.07. The second-order valence-corrected chi connectivity index (χ2v) is 9.30. The normalized spacial score (nSPS) is 17.5. The maximum atomic E-state index is 12.8. The van der Waals surface area contributed by atoms with E-state index < -0.39 is 15.1 Å². The summed E-state index contributed by atoms with van der Waals surface area (Å²) in [6, 6.07) is 16.5. The minimum atomic E-state index is -3.41. The lowest BCUT2D eigenvalue weighted by molar-refractivity contribution is -0.129. The van der Waals surface area contributed by atoms with Gasteiger partial charge in [0.2, 0.25) is 5.91 Å². The van der Waals surface area contributed by atoms with Crippen LogP contribution < -0.4 is 0 Å². The van der Waals surface area contributed by atoms with Crippen LogP contribution in [0.4, 0.5) is 0 Å². The highest BCUT2D eigenvalue weighted by Crippen LogP contribution is 2.26. The van der Waals surface area contributed by atoms with Gasteiger partial charge < -0.3 is 9.47 Å². The van der Waals surface area contributed by atoms with Crippen molar-refractivity contribution in [3.05, 3.63) is 66.4 Å². The van der Waals surface area contributed by atoms with Gasteiger partial charge in [-0.3, -0.25) is 4.79 Å². The summed E-state index contributed by atoms with van der Waals surface area (Å²) in [5.74, 6) is -0.0166. The first kappa shape index (κ1) is 17.8. The molecule has 27 heavy (non-hydrogen) atoms. The third kappa shape index (κ3) is 3.25. The summed E-state index contributed by atoms with van der Waals surface area (Å²) in [7, 11) is -1.44. The van der Waals surface area contributed by atoms with Crippen molar-refractivity contribution in [3.63, 3.8) is 0 Å². The van der Waals surface area contributed by atoms with Gasteiger partial charge in [0.25, 0.3) is 0 Å². The summed E-state index contributed by atoms with van der Waals surface area (Å²) >= 11 is 0. The number of amides is 1. The Morgan fingerprint density at radius 3 is 2.56 bits per heavy atom. The molecule has 0 bridgehead atoms. The van der Waals surface area contributed by atoms with Gasteiger partial charge in [0.05, 0.1) is 16.6 Å². The van der Waals surface area contributed by atoms with Crippen LogP contribution in [0.3, 0.4) is 0 Å². The topological polar surface area (TPSA) is 59.4 Å². The molecule has 5 nitrogen and oxygen atoms in total. The predicted molar refractivity (Wildman–Crippen MR) is 105 cm³/mol. The van der Waals surface area contributed by atoms with Gasteiger partial charge in [-0.25, -0.2) is 8.42 Å².